The third-order valence-electron chi connectivity index (χ3n) is 3.81. The molecule has 2 rings (SSSR count). The van der Waals surface area contributed by atoms with Crippen molar-refractivity contribution >= 4 is 0 Å². The van der Waals surface area contributed by atoms with Gasteiger partial charge in [-0.05, 0) is 37.8 Å². The van der Waals surface area contributed by atoms with E-state index in [2.05, 4.69) is 18.7 Å². The van der Waals surface area contributed by atoms with Crippen molar-refractivity contribution in [2.24, 2.45) is 11.8 Å². The number of likely N-dealkylation sites (tertiary alicyclic amines) is 1. The first-order valence-electron chi connectivity index (χ1n) is 6.16. The molecule has 82 valence electrons. The summed E-state index contributed by atoms with van der Waals surface area (Å²) >= 11 is 0. The number of rotatable bonds is 1. The van der Waals surface area contributed by atoms with Crippen molar-refractivity contribution in [2.75, 3.05) is 19.6 Å². The molecule has 0 bridgehead atoms. The molecule has 2 fully saturated rings. The standard InChI is InChI=1S/C12H23N2.Li/c1-10-4-7-14(8-5-10)12-9-11(2)3-6-13-12;/h10-12H,3-9H2,1-2H3;/q-1;+1. The van der Waals surface area contributed by atoms with Gasteiger partial charge in [-0.3, -0.25) is 0 Å². The molecular weight excluding hydrogens is 179 g/mol. The first-order chi connectivity index (χ1) is 6.75. The van der Waals surface area contributed by atoms with E-state index >= 15 is 0 Å². The summed E-state index contributed by atoms with van der Waals surface area (Å²) in [6.07, 6.45) is 5.92. The molecule has 2 aliphatic rings. The van der Waals surface area contributed by atoms with Crippen LogP contribution < -0.4 is 18.9 Å². The van der Waals surface area contributed by atoms with E-state index in [0.29, 0.717) is 6.17 Å². The summed E-state index contributed by atoms with van der Waals surface area (Å²) < 4.78 is 0. The van der Waals surface area contributed by atoms with Gasteiger partial charge in [-0.1, -0.05) is 32.9 Å². The number of piperidine rings is 2. The summed E-state index contributed by atoms with van der Waals surface area (Å²) in [6, 6.07) is 0. The van der Waals surface area contributed by atoms with Gasteiger partial charge in [-0.25, -0.2) is 0 Å². The molecule has 0 N–H and O–H groups in total. The third kappa shape index (κ3) is 3.78. The van der Waals surface area contributed by atoms with Gasteiger partial charge in [0.2, 0.25) is 0 Å². The number of hydrogen-bond acceptors (Lipinski definition) is 1. The average molecular weight is 202 g/mol. The molecule has 0 spiro atoms. The van der Waals surface area contributed by atoms with Crippen LogP contribution in [0.3, 0.4) is 0 Å². The van der Waals surface area contributed by atoms with Crippen molar-refractivity contribution < 1.29 is 18.9 Å². The second kappa shape index (κ2) is 6.30. The van der Waals surface area contributed by atoms with Crippen LogP contribution in [-0.2, 0) is 0 Å². The Morgan fingerprint density at radius 2 is 1.67 bits per heavy atom. The first kappa shape index (κ1) is 13.6. The maximum atomic E-state index is 4.75. The largest absolute Gasteiger partial charge is 1.00 e. The van der Waals surface area contributed by atoms with Gasteiger partial charge in [0.15, 0.2) is 0 Å². The van der Waals surface area contributed by atoms with E-state index in [1.807, 2.05) is 0 Å². The minimum Gasteiger partial charge on any atom is -0.647 e. The van der Waals surface area contributed by atoms with Crippen LogP contribution in [0.1, 0.15) is 39.5 Å². The maximum Gasteiger partial charge on any atom is 1.00 e. The van der Waals surface area contributed by atoms with Crippen molar-refractivity contribution in [3.05, 3.63) is 5.32 Å². The van der Waals surface area contributed by atoms with E-state index in [1.54, 1.807) is 0 Å². The van der Waals surface area contributed by atoms with Gasteiger partial charge in [-0.15, -0.1) is 6.54 Å². The third-order valence-corrected chi connectivity index (χ3v) is 3.81. The summed E-state index contributed by atoms with van der Waals surface area (Å²) in [6.45, 7) is 8.40. The second-order valence-electron chi connectivity index (χ2n) is 5.23. The average Bonchev–Trinajstić information content (AvgIpc) is 2.19. The molecule has 0 aromatic heterocycles. The minimum atomic E-state index is 0. The van der Waals surface area contributed by atoms with Gasteiger partial charge in [0.05, 0.1) is 0 Å². The van der Waals surface area contributed by atoms with Crippen LogP contribution in [-0.4, -0.2) is 30.7 Å². The molecule has 2 atom stereocenters. The maximum absolute atomic E-state index is 4.75. The molecule has 0 aliphatic carbocycles. The normalized spacial score (nSPS) is 34.8. The van der Waals surface area contributed by atoms with E-state index in [1.165, 1.54) is 38.8 Å². The van der Waals surface area contributed by atoms with Gasteiger partial charge in [0, 0.05) is 0 Å². The van der Waals surface area contributed by atoms with Crippen molar-refractivity contribution in [1.29, 1.82) is 0 Å². The van der Waals surface area contributed by atoms with Crippen LogP contribution in [0.25, 0.3) is 5.32 Å². The summed E-state index contributed by atoms with van der Waals surface area (Å²) in [5.41, 5.74) is 0. The van der Waals surface area contributed by atoms with Gasteiger partial charge < -0.3 is 10.2 Å². The van der Waals surface area contributed by atoms with Crippen molar-refractivity contribution in [3.63, 3.8) is 0 Å². The molecule has 3 heteroatoms. The molecule has 2 nitrogen and oxygen atoms in total. The second-order valence-corrected chi connectivity index (χ2v) is 5.23. The van der Waals surface area contributed by atoms with Gasteiger partial charge >= 0.3 is 18.9 Å². The summed E-state index contributed by atoms with van der Waals surface area (Å²) in [5.74, 6) is 1.82. The van der Waals surface area contributed by atoms with E-state index in [-0.39, 0.29) is 18.9 Å². The summed E-state index contributed by atoms with van der Waals surface area (Å²) in [5, 5.41) is 4.75. The van der Waals surface area contributed by atoms with Crippen molar-refractivity contribution in [1.82, 2.24) is 4.90 Å². The molecule has 0 aromatic rings. The van der Waals surface area contributed by atoms with Crippen LogP contribution in [0, 0.1) is 11.8 Å². The van der Waals surface area contributed by atoms with E-state index in [4.69, 9.17) is 5.32 Å². The molecular formula is C12H23LiN2. The van der Waals surface area contributed by atoms with E-state index in [9.17, 15) is 0 Å². The zero-order valence-corrected chi connectivity index (χ0v) is 10.6. The molecule has 0 amide bonds. The van der Waals surface area contributed by atoms with Crippen LogP contribution in [0.15, 0.2) is 0 Å². The Labute approximate surface area is 106 Å². The SMILES string of the molecule is CC1CCN(C2CC(C)CC[N-]2)CC1.[Li+]. The Morgan fingerprint density at radius 3 is 2.27 bits per heavy atom. The molecule has 2 aliphatic heterocycles. The molecule has 0 saturated carbocycles. The molecule has 15 heavy (non-hydrogen) atoms. The molecule has 0 radical (unpaired) electrons. The van der Waals surface area contributed by atoms with Gasteiger partial charge in [-0.2, -0.15) is 0 Å². The minimum absolute atomic E-state index is 0. The molecule has 2 unspecified atom stereocenters. The van der Waals surface area contributed by atoms with Crippen molar-refractivity contribution in [3.8, 4) is 0 Å². The molecule has 0 aromatic carbocycles. The fourth-order valence-corrected chi connectivity index (χ4v) is 2.59. The Hall–Kier alpha value is 0.517. The topological polar surface area (TPSA) is 17.3 Å². The van der Waals surface area contributed by atoms with Crippen LogP contribution >= 0.6 is 0 Å². The predicted molar refractivity (Wildman–Crippen MR) is 60.4 cm³/mol. The van der Waals surface area contributed by atoms with Crippen LogP contribution in [0.2, 0.25) is 0 Å². The van der Waals surface area contributed by atoms with E-state index in [0.717, 1.165) is 18.4 Å². The summed E-state index contributed by atoms with van der Waals surface area (Å²) in [7, 11) is 0. The van der Waals surface area contributed by atoms with Gasteiger partial charge in [0.25, 0.3) is 0 Å². The summed E-state index contributed by atoms with van der Waals surface area (Å²) in [4.78, 5) is 2.61. The zero-order valence-electron chi connectivity index (χ0n) is 10.6. The fourth-order valence-electron chi connectivity index (χ4n) is 2.59. The smallest absolute Gasteiger partial charge is 0.647 e. The Bertz CT molecular complexity index is 178. The Morgan fingerprint density at radius 1 is 1.00 bits per heavy atom. The predicted octanol–water partition coefficient (Wildman–Crippen LogP) is -0.148. The Kier molecular flexibility index (Phi) is 5.71. The van der Waals surface area contributed by atoms with Crippen LogP contribution in [0.4, 0.5) is 0 Å². The van der Waals surface area contributed by atoms with Crippen LogP contribution in [0.5, 0.6) is 0 Å². The van der Waals surface area contributed by atoms with Gasteiger partial charge in [0.1, 0.15) is 0 Å². The fraction of sp³-hybridized carbons (Fsp3) is 1.00. The first-order valence-corrected chi connectivity index (χ1v) is 6.16. The molecule has 2 saturated heterocycles. The molecule has 2 heterocycles. The number of hydrogen-bond donors (Lipinski definition) is 0. The number of nitrogens with zero attached hydrogens (tertiary/aromatic N) is 2. The van der Waals surface area contributed by atoms with E-state index < -0.39 is 0 Å². The monoisotopic (exact) mass is 202 g/mol. The zero-order chi connectivity index (χ0) is 9.97. The quantitative estimate of drug-likeness (QED) is 0.541. The van der Waals surface area contributed by atoms with Crippen molar-refractivity contribution in [2.45, 2.75) is 45.7 Å². The Balaban J connectivity index is 0.00000112.